The minimum Gasteiger partial charge on any atom is -0.389 e. The average molecular weight is 300 g/mol. The third kappa shape index (κ3) is 4.56. The number of thiocarbonyl (C=S) groups is 1. The lowest BCUT2D eigenvalue weighted by Crippen LogP contribution is -2.32. The van der Waals surface area contributed by atoms with Gasteiger partial charge in [0.25, 0.3) is 0 Å². The summed E-state index contributed by atoms with van der Waals surface area (Å²) in [6, 6.07) is 7.07. The lowest BCUT2D eigenvalue weighted by Gasteiger charge is -2.20. The zero-order valence-electron chi connectivity index (χ0n) is 11.5. The molecular weight excluding hydrogens is 280 g/mol. The number of nitrogens with two attached hydrogens (primary N) is 1. The van der Waals surface area contributed by atoms with Crippen LogP contribution in [-0.2, 0) is 15.8 Å². The van der Waals surface area contributed by atoms with E-state index in [1.807, 2.05) is 13.8 Å². The summed E-state index contributed by atoms with van der Waals surface area (Å²) in [6.45, 7) is 4.46. The van der Waals surface area contributed by atoms with E-state index in [9.17, 15) is 8.42 Å². The van der Waals surface area contributed by atoms with Gasteiger partial charge in [0.2, 0.25) is 10.0 Å². The van der Waals surface area contributed by atoms with Crippen LogP contribution >= 0.6 is 12.2 Å². The van der Waals surface area contributed by atoms with Crippen molar-refractivity contribution in [1.82, 2.24) is 4.31 Å². The highest BCUT2D eigenvalue weighted by Crippen LogP contribution is 2.15. The van der Waals surface area contributed by atoms with E-state index in [2.05, 4.69) is 0 Å². The third-order valence-electron chi connectivity index (χ3n) is 2.72. The Bertz CT molecular complexity index is 554. The van der Waals surface area contributed by atoms with Crippen LogP contribution in [-0.4, -0.2) is 31.3 Å². The van der Waals surface area contributed by atoms with Crippen molar-refractivity contribution in [2.75, 3.05) is 13.6 Å². The van der Waals surface area contributed by atoms with Crippen LogP contribution < -0.4 is 5.73 Å². The van der Waals surface area contributed by atoms with Crippen molar-refractivity contribution in [2.45, 2.75) is 19.6 Å². The van der Waals surface area contributed by atoms with Crippen LogP contribution in [0.3, 0.4) is 0 Å². The van der Waals surface area contributed by atoms with Crippen molar-refractivity contribution in [3.63, 3.8) is 0 Å². The van der Waals surface area contributed by atoms with Gasteiger partial charge in [0, 0.05) is 19.2 Å². The number of hydrogen-bond donors (Lipinski definition) is 1. The Morgan fingerprint density at radius 1 is 1.37 bits per heavy atom. The standard InChI is InChI=1S/C13H20N2O2S2/c1-10(2)8-15(3)19(16,17)9-11-6-4-5-7-12(11)13(14)18/h4-7,10H,8-9H2,1-3H3,(H2,14,18). The van der Waals surface area contributed by atoms with Gasteiger partial charge in [-0.25, -0.2) is 12.7 Å². The number of sulfonamides is 1. The molecule has 0 amide bonds. The maximum atomic E-state index is 12.3. The second kappa shape index (κ2) is 6.45. The Morgan fingerprint density at radius 3 is 2.47 bits per heavy atom. The summed E-state index contributed by atoms with van der Waals surface area (Å²) in [6.07, 6.45) is 0. The van der Waals surface area contributed by atoms with Crippen molar-refractivity contribution in [2.24, 2.45) is 11.7 Å². The molecule has 0 radical (unpaired) electrons. The predicted molar refractivity (Wildman–Crippen MR) is 82.4 cm³/mol. The molecule has 0 unspecified atom stereocenters. The molecule has 6 heteroatoms. The molecule has 0 bridgehead atoms. The van der Waals surface area contributed by atoms with Gasteiger partial charge >= 0.3 is 0 Å². The topological polar surface area (TPSA) is 63.4 Å². The first-order chi connectivity index (χ1) is 8.74. The van der Waals surface area contributed by atoms with Gasteiger partial charge in [0.1, 0.15) is 4.99 Å². The normalized spacial score (nSPS) is 12.1. The number of benzene rings is 1. The molecule has 1 aromatic carbocycles. The van der Waals surface area contributed by atoms with E-state index >= 15 is 0 Å². The highest BCUT2D eigenvalue weighted by atomic mass is 32.2. The molecule has 2 N–H and O–H groups in total. The number of rotatable bonds is 6. The molecule has 0 aliphatic heterocycles. The monoisotopic (exact) mass is 300 g/mol. The molecule has 0 saturated heterocycles. The van der Waals surface area contributed by atoms with Crippen molar-refractivity contribution in [1.29, 1.82) is 0 Å². The highest BCUT2D eigenvalue weighted by molar-refractivity contribution is 7.88. The molecule has 0 aliphatic carbocycles. The first-order valence-electron chi connectivity index (χ1n) is 6.05. The SMILES string of the molecule is CC(C)CN(C)S(=O)(=O)Cc1ccccc1C(N)=S. The summed E-state index contributed by atoms with van der Waals surface area (Å²) >= 11 is 4.94. The summed E-state index contributed by atoms with van der Waals surface area (Å²) in [5.41, 5.74) is 6.88. The summed E-state index contributed by atoms with van der Waals surface area (Å²) in [4.78, 5) is 0.220. The van der Waals surface area contributed by atoms with Crippen molar-refractivity contribution < 1.29 is 8.42 Å². The maximum Gasteiger partial charge on any atom is 0.218 e. The van der Waals surface area contributed by atoms with Crippen molar-refractivity contribution >= 4 is 27.2 Å². The highest BCUT2D eigenvalue weighted by Gasteiger charge is 2.21. The molecule has 0 fully saturated rings. The Morgan fingerprint density at radius 2 is 1.95 bits per heavy atom. The van der Waals surface area contributed by atoms with Crippen LogP contribution in [0.1, 0.15) is 25.0 Å². The Balaban J connectivity index is 2.99. The number of hydrogen-bond acceptors (Lipinski definition) is 3. The minimum atomic E-state index is -3.35. The number of nitrogens with zero attached hydrogens (tertiary/aromatic N) is 1. The molecule has 0 aliphatic rings. The fourth-order valence-electron chi connectivity index (χ4n) is 1.82. The zero-order valence-corrected chi connectivity index (χ0v) is 13.1. The summed E-state index contributed by atoms with van der Waals surface area (Å²) in [5, 5.41) is 0. The van der Waals surface area contributed by atoms with Gasteiger partial charge in [-0.3, -0.25) is 0 Å². The molecule has 4 nitrogen and oxygen atoms in total. The minimum absolute atomic E-state index is 0.0796. The lowest BCUT2D eigenvalue weighted by molar-refractivity contribution is 0.416. The largest absolute Gasteiger partial charge is 0.389 e. The quantitative estimate of drug-likeness (QED) is 0.813. The van der Waals surface area contributed by atoms with Gasteiger partial charge in [-0.1, -0.05) is 50.3 Å². The van der Waals surface area contributed by atoms with Gasteiger partial charge in [-0.05, 0) is 11.5 Å². The second-order valence-electron chi connectivity index (χ2n) is 4.95. The Kier molecular flexibility index (Phi) is 5.46. The smallest absolute Gasteiger partial charge is 0.218 e. The fraction of sp³-hybridized carbons (Fsp3) is 0.462. The first-order valence-corrected chi connectivity index (χ1v) is 8.07. The maximum absolute atomic E-state index is 12.3. The van der Waals surface area contributed by atoms with Gasteiger partial charge < -0.3 is 5.73 Å². The molecule has 0 saturated carbocycles. The lowest BCUT2D eigenvalue weighted by atomic mass is 10.1. The van der Waals surface area contributed by atoms with Crippen LogP contribution in [0.15, 0.2) is 24.3 Å². The van der Waals surface area contributed by atoms with E-state index in [-0.39, 0.29) is 16.7 Å². The van der Waals surface area contributed by atoms with E-state index < -0.39 is 10.0 Å². The van der Waals surface area contributed by atoms with E-state index in [0.717, 1.165) is 0 Å². The molecule has 106 valence electrons. The van der Waals surface area contributed by atoms with E-state index in [1.165, 1.54) is 4.31 Å². The van der Waals surface area contributed by atoms with E-state index in [0.29, 0.717) is 17.7 Å². The average Bonchev–Trinajstić information content (AvgIpc) is 2.27. The summed E-state index contributed by atoms with van der Waals surface area (Å²) in [5.74, 6) is 0.203. The fourth-order valence-corrected chi connectivity index (χ4v) is 3.41. The van der Waals surface area contributed by atoms with Crippen LogP contribution in [0.4, 0.5) is 0 Å². The van der Waals surface area contributed by atoms with Crippen LogP contribution in [0.5, 0.6) is 0 Å². The second-order valence-corrected chi connectivity index (χ2v) is 7.47. The molecular formula is C13H20N2O2S2. The van der Waals surface area contributed by atoms with Crippen LogP contribution in [0.2, 0.25) is 0 Å². The van der Waals surface area contributed by atoms with Gasteiger partial charge in [0.05, 0.1) is 5.75 Å². The Hall–Kier alpha value is -0.980. The van der Waals surface area contributed by atoms with E-state index in [4.69, 9.17) is 18.0 Å². The first kappa shape index (κ1) is 16.1. The third-order valence-corrected chi connectivity index (χ3v) is 4.71. The van der Waals surface area contributed by atoms with Crippen LogP contribution in [0.25, 0.3) is 0 Å². The van der Waals surface area contributed by atoms with Gasteiger partial charge in [0.15, 0.2) is 0 Å². The molecule has 0 aromatic heterocycles. The molecule has 1 aromatic rings. The molecule has 1 rings (SSSR count). The molecule has 0 spiro atoms. The summed E-state index contributed by atoms with van der Waals surface area (Å²) < 4.78 is 25.9. The van der Waals surface area contributed by atoms with E-state index in [1.54, 1.807) is 31.3 Å². The van der Waals surface area contributed by atoms with Crippen molar-refractivity contribution in [3.8, 4) is 0 Å². The predicted octanol–water partition coefficient (Wildman–Crippen LogP) is 1.74. The Labute approximate surface area is 120 Å². The molecule has 19 heavy (non-hydrogen) atoms. The van der Waals surface area contributed by atoms with Crippen molar-refractivity contribution in [3.05, 3.63) is 35.4 Å². The zero-order chi connectivity index (χ0) is 14.6. The molecule has 0 atom stereocenters. The summed E-state index contributed by atoms with van der Waals surface area (Å²) in [7, 11) is -1.75. The van der Waals surface area contributed by atoms with Crippen LogP contribution in [0, 0.1) is 5.92 Å². The van der Waals surface area contributed by atoms with Gasteiger partial charge in [-0.2, -0.15) is 0 Å². The molecule has 0 heterocycles. The van der Waals surface area contributed by atoms with Gasteiger partial charge in [-0.15, -0.1) is 0 Å².